The summed E-state index contributed by atoms with van der Waals surface area (Å²) >= 11 is 0. The minimum absolute atomic E-state index is 0. The normalized spacial score (nSPS) is 15.7. The number of likely N-dealkylation sites (tertiary alicyclic amines) is 1. The Morgan fingerprint density at radius 2 is 1.97 bits per heavy atom. The number of aromatic nitrogens is 1. The van der Waals surface area contributed by atoms with Crippen LogP contribution < -0.4 is 11.1 Å². The molecule has 2 aromatic rings. The molecule has 3 rings (SSSR count). The monoisotopic (exact) mass is 456 g/mol. The van der Waals surface area contributed by atoms with E-state index in [1.54, 1.807) is 0 Å². The molecule has 0 radical (unpaired) electrons. The van der Waals surface area contributed by atoms with Crippen molar-refractivity contribution >= 4 is 36.6 Å². The Bertz CT molecular complexity index is 814. The smallest absolute Gasteiger partial charge is 0.229 e. The highest BCUT2D eigenvalue weighted by Crippen LogP contribution is 2.23. The first-order valence-corrected chi connectivity index (χ1v) is 9.86. The fraction of sp³-hybridized carbons (Fsp3) is 0.476. The number of nitrogens with two attached hydrogens (primary N) is 1. The van der Waals surface area contributed by atoms with Crippen LogP contribution in [0.4, 0.5) is 0 Å². The van der Waals surface area contributed by atoms with Crippen LogP contribution in [0.3, 0.4) is 0 Å². The molecule has 1 atom stereocenters. The standard InChI is InChI=1S/C21H28N4O3.2ClH/c1-15-18(24-21(28-15)16-7-3-2-4-8-16)13-20(27)25-12-6-5-9-17(25)14-23-19(26)10-11-22;;/h2-4,7-8,17H,5-6,9-14,22H2,1H3,(H,23,26);2*1H. The van der Waals surface area contributed by atoms with Crippen LogP contribution in [0.1, 0.15) is 37.1 Å². The second kappa shape index (κ2) is 12.6. The molecular weight excluding hydrogens is 427 g/mol. The Morgan fingerprint density at radius 3 is 2.67 bits per heavy atom. The molecule has 1 saturated heterocycles. The zero-order valence-corrected chi connectivity index (χ0v) is 18.8. The van der Waals surface area contributed by atoms with E-state index in [0.29, 0.717) is 43.4 Å². The third-order valence-corrected chi connectivity index (χ3v) is 5.09. The third-order valence-electron chi connectivity index (χ3n) is 5.09. The summed E-state index contributed by atoms with van der Waals surface area (Å²) in [4.78, 5) is 31.1. The van der Waals surface area contributed by atoms with E-state index in [0.717, 1.165) is 24.8 Å². The first kappa shape index (κ1) is 25.9. The Balaban J connectivity index is 0.00000225. The molecule has 2 heterocycles. The first-order valence-electron chi connectivity index (χ1n) is 9.86. The molecule has 0 spiro atoms. The van der Waals surface area contributed by atoms with Gasteiger partial charge in [0.25, 0.3) is 0 Å². The summed E-state index contributed by atoms with van der Waals surface area (Å²) in [6.07, 6.45) is 3.44. The molecule has 166 valence electrons. The van der Waals surface area contributed by atoms with E-state index in [4.69, 9.17) is 10.2 Å². The Kier molecular flexibility index (Phi) is 10.9. The molecule has 2 amide bonds. The summed E-state index contributed by atoms with van der Waals surface area (Å²) in [6.45, 7) is 3.34. The summed E-state index contributed by atoms with van der Waals surface area (Å²) in [7, 11) is 0. The maximum absolute atomic E-state index is 13.0. The van der Waals surface area contributed by atoms with Gasteiger partial charge in [-0.1, -0.05) is 18.2 Å². The van der Waals surface area contributed by atoms with Crippen molar-refractivity contribution in [2.24, 2.45) is 5.73 Å². The van der Waals surface area contributed by atoms with Crippen LogP contribution in [0.25, 0.3) is 11.5 Å². The van der Waals surface area contributed by atoms with Crippen LogP contribution in [0.15, 0.2) is 34.7 Å². The minimum atomic E-state index is -0.0691. The van der Waals surface area contributed by atoms with Gasteiger partial charge in [-0.15, -0.1) is 24.8 Å². The lowest BCUT2D eigenvalue weighted by atomic mass is 10.0. The van der Waals surface area contributed by atoms with Gasteiger partial charge in [-0.25, -0.2) is 4.98 Å². The molecule has 1 unspecified atom stereocenters. The first-order chi connectivity index (χ1) is 13.6. The average molecular weight is 457 g/mol. The largest absolute Gasteiger partial charge is 0.441 e. The van der Waals surface area contributed by atoms with Crippen LogP contribution in [-0.2, 0) is 16.0 Å². The number of carbonyl (C=O) groups excluding carboxylic acids is 2. The summed E-state index contributed by atoms with van der Waals surface area (Å²) in [5, 5.41) is 2.89. The van der Waals surface area contributed by atoms with Crippen molar-refractivity contribution in [2.75, 3.05) is 19.6 Å². The number of aryl methyl sites for hydroxylation is 1. The highest BCUT2D eigenvalue weighted by atomic mass is 35.5. The number of carbonyl (C=O) groups is 2. The number of halogens is 2. The molecule has 9 heteroatoms. The van der Waals surface area contributed by atoms with Gasteiger partial charge in [-0.2, -0.15) is 0 Å². The van der Waals surface area contributed by atoms with Crippen molar-refractivity contribution in [1.82, 2.24) is 15.2 Å². The molecule has 1 aliphatic heterocycles. The Labute approximate surface area is 189 Å². The van der Waals surface area contributed by atoms with E-state index in [9.17, 15) is 9.59 Å². The number of rotatable bonds is 7. The topological polar surface area (TPSA) is 101 Å². The number of nitrogens with one attached hydrogen (secondary N) is 1. The molecule has 7 nitrogen and oxygen atoms in total. The highest BCUT2D eigenvalue weighted by molar-refractivity contribution is 5.85. The number of amides is 2. The molecule has 1 aliphatic rings. The summed E-state index contributed by atoms with van der Waals surface area (Å²) in [6, 6.07) is 9.67. The minimum Gasteiger partial charge on any atom is -0.441 e. The average Bonchev–Trinajstić information content (AvgIpc) is 3.08. The van der Waals surface area contributed by atoms with Gasteiger partial charge in [0.2, 0.25) is 17.7 Å². The van der Waals surface area contributed by atoms with Gasteiger partial charge >= 0.3 is 0 Å². The van der Waals surface area contributed by atoms with Crippen LogP contribution in [0, 0.1) is 6.92 Å². The Hall–Kier alpha value is -2.09. The van der Waals surface area contributed by atoms with Crippen molar-refractivity contribution in [1.29, 1.82) is 0 Å². The summed E-state index contributed by atoms with van der Waals surface area (Å²) in [5.41, 5.74) is 6.98. The number of nitrogens with zero attached hydrogens (tertiary/aromatic N) is 2. The molecule has 0 bridgehead atoms. The molecular formula is C21H30Cl2N4O3. The fourth-order valence-electron chi connectivity index (χ4n) is 3.53. The van der Waals surface area contributed by atoms with E-state index in [1.807, 2.05) is 42.2 Å². The van der Waals surface area contributed by atoms with Gasteiger partial charge in [-0.3, -0.25) is 9.59 Å². The van der Waals surface area contributed by atoms with Gasteiger partial charge in [0.1, 0.15) is 5.76 Å². The van der Waals surface area contributed by atoms with Crippen molar-refractivity contribution in [3.05, 3.63) is 41.8 Å². The number of benzene rings is 1. The quantitative estimate of drug-likeness (QED) is 0.666. The number of oxazole rings is 1. The molecule has 30 heavy (non-hydrogen) atoms. The second-order valence-corrected chi connectivity index (χ2v) is 7.14. The van der Waals surface area contributed by atoms with Crippen molar-refractivity contribution in [2.45, 2.75) is 45.1 Å². The van der Waals surface area contributed by atoms with Gasteiger partial charge in [0.15, 0.2) is 0 Å². The zero-order valence-electron chi connectivity index (χ0n) is 17.1. The lowest BCUT2D eigenvalue weighted by Gasteiger charge is -2.36. The van der Waals surface area contributed by atoms with E-state index in [-0.39, 0.29) is 49.1 Å². The van der Waals surface area contributed by atoms with E-state index >= 15 is 0 Å². The van der Waals surface area contributed by atoms with Crippen molar-refractivity contribution in [3.8, 4) is 11.5 Å². The summed E-state index contributed by atoms with van der Waals surface area (Å²) in [5.74, 6) is 1.15. The second-order valence-electron chi connectivity index (χ2n) is 7.14. The van der Waals surface area contributed by atoms with Crippen LogP contribution >= 0.6 is 24.8 Å². The van der Waals surface area contributed by atoms with E-state index in [2.05, 4.69) is 10.3 Å². The predicted molar refractivity (Wildman–Crippen MR) is 121 cm³/mol. The maximum atomic E-state index is 13.0. The lowest BCUT2D eigenvalue weighted by Crippen LogP contribution is -2.50. The lowest BCUT2D eigenvalue weighted by molar-refractivity contribution is -0.134. The number of piperidine rings is 1. The van der Waals surface area contributed by atoms with Gasteiger partial charge in [-0.05, 0) is 38.3 Å². The van der Waals surface area contributed by atoms with Crippen molar-refractivity contribution < 1.29 is 14.0 Å². The van der Waals surface area contributed by atoms with Gasteiger partial charge in [0, 0.05) is 37.7 Å². The molecule has 1 aromatic heterocycles. The molecule has 0 saturated carbocycles. The number of hydrogen-bond donors (Lipinski definition) is 2. The van der Waals surface area contributed by atoms with Crippen molar-refractivity contribution in [3.63, 3.8) is 0 Å². The maximum Gasteiger partial charge on any atom is 0.229 e. The third kappa shape index (κ3) is 6.72. The van der Waals surface area contributed by atoms with Gasteiger partial charge in [0.05, 0.1) is 12.1 Å². The van der Waals surface area contributed by atoms with Gasteiger partial charge < -0.3 is 20.4 Å². The Morgan fingerprint density at radius 1 is 1.23 bits per heavy atom. The van der Waals surface area contributed by atoms with E-state index in [1.165, 1.54) is 0 Å². The highest BCUT2D eigenvalue weighted by Gasteiger charge is 2.28. The molecule has 0 aliphatic carbocycles. The predicted octanol–water partition coefficient (Wildman–Crippen LogP) is 2.88. The molecule has 1 aromatic carbocycles. The van der Waals surface area contributed by atoms with Crippen LogP contribution in [0.2, 0.25) is 0 Å². The fourth-order valence-corrected chi connectivity index (χ4v) is 3.53. The van der Waals surface area contributed by atoms with Crippen LogP contribution in [0.5, 0.6) is 0 Å². The molecule has 1 fully saturated rings. The SMILES string of the molecule is Cc1oc(-c2ccccc2)nc1CC(=O)N1CCCCC1CNC(=O)CCN.Cl.Cl. The number of hydrogen-bond acceptors (Lipinski definition) is 5. The van der Waals surface area contributed by atoms with E-state index < -0.39 is 0 Å². The summed E-state index contributed by atoms with van der Waals surface area (Å²) < 4.78 is 5.77. The molecule has 3 N–H and O–H groups in total. The zero-order chi connectivity index (χ0) is 19.9. The van der Waals surface area contributed by atoms with Crippen LogP contribution in [-0.4, -0.2) is 47.4 Å².